The van der Waals surface area contributed by atoms with Crippen molar-refractivity contribution >= 4 is 29.5 Å². The molecule has 1 saturated carbocycles. The summed E-state index contributed by atoms with van der Waals surface area (Å²) >= 11 is 5.54. The molecule has 1 saturated heterocycles. The first kappa shape index (κ1) is 21.5. The molecule has 0 aromatic rings. The quantitative estimate of drug-likeness (QED) is 0.249. The van der Waals surface area contributed by atoms with Crippen LogP contribution in [0.4, 0.5) is 4.79 Å². The van der Waals surface area contributed by atoms with E-state index in [1.807, 2.05) is 0 Å². The molecular formula is C16H21ClN3NaO5. The van der Waals surface area contributed by atoms with Crippen molar-refractivity contribution in [2.75, 3.05) is 12.4 Å². The molecule has 1 unspecified atom stereocenters. The number of alkyl halides is 1. The van der Waals surface area contributed by atoms with E-state index in [-0.39, 0.29) is 53.1 Å². The van der Waals surface area contributed by atoms with Gasteiger partial charge in [-0.1, -0.05) is 6.42 Å². The van der Waals surface area contributed by atoms with E-state index in [1.54, 1.807) is 0 Å². The molecule has 0 spiro atoms. The number of hydrogen-bond acceptors (Lipinski definition) is 5. The van der Waals surface area contributed by atoms with Gasteiger partial charge in [-0.2, -0.15) is 0 Å². The molecule has 5 atom stereocenters. The number of nitrogens with zero attached hydrogens (tertiary/aromatic N) is 1. The van der Waals surface area contributed by atoms with E-state index in [9.17, 15) is 24.6 Å². The summed E-state index contributed by atoms with van der Waals surface area (Å²) in [4.78, 5) is 37.2. The SMILES string of the molecule is CC(O)[C@H]1C(=O)N2C(C(=O)[O-])=C3[C@@H](NC(=O)NCCCl)CCC[C@@H]3[C@H]12.[Na+]. The van der Waals surface area contributed by atoms with Gasteiger partial charge in [-0.15, -0.1) is 11.6 Å². The number of β-lactam (4-membered cyclic amide) rings is 1. The monoisotopic (exact) mass is 393 g/mol. The van der Waals surface area contributed by atoms with Crippen molar-refractivity contribution in [2.24, 2.45) is 11.8 Å². The molecule has 3 aliphatic rings. The molecule has 0 bridgehead atoms. The second-order valence-electron chi connectivity index (χ2n) is 6.74. The van der Waals surface area contributed by atoms with E-state index in [0.29, 0.717) is 25.0 Å². The fourth-order valence-corrected chi connectivity index (χ4v) is 4.49. The molecule has 3 N–H and O–H groups in total. The first-order valence-corrected chi connectivity index (χ1v) is 8.98. The fourth-order valence-electron chi connectivity index (χ4n) is 4.40. The van der Waals surface area contributed by atoms with E-state index in [1.165, 1.54) is 11.8 Å². The van der Waals surface area contributed by atoms with Crippen molar-refractivity contribution < 1.29 is 54.2 Å². The standard InChI is InChI=1S/C16H22ClN3O5.Na/c1-7(21)10-12-8-3-2-4-9(19-16(25)18-6-5-17)11(8)13(15(23)24)20(12)14(10)22;/h7-10,12,21H,2-6H2,1H3,(H,23,24)(H2,18,19,25);/q;+1/p-1/t7?,8-,9-,10+,12+;/m0./s1. The van der Waals surface area contributed by atoms with Crippen molar-refractivity contribution in [3.63, 3.8) is 0 Å². The Morgan fingerprint density at radius 2 is 2.12 bits per heavy atom. The third-order valence-corrected chi connectivity index (χ3v) is 5.49. The van der Waals surface area contributed by atoms with Gasteiger partial charge in [0.1, 0.15) is 0 Å². The number of halogens is 1. The summed E-state index contributed by atoms with van der Waals surface area (Å²) in [5.74, 6) is -2.34. The second kappa shape index (κ2) is 8.48. The predicted molar refractivity (Wildman–Crippen MR) is 86.2 cm³/mol. The van der Waals surface area contributed by atoms with E-state index in [4.69, 9.17) is 11.6 Å². The molecular weight excluding hydrogens is 373 g/mol. The van der Waals surface area contributed by atoms with Gasteiger partial charge in [-0.05, 0) is 25.3 Å². The van der Waals surface area contributed by atoms with Gasteiger partial charge in [-0.3, -0.25) is 4.79 Å². The number of nitrogens with one attached hydrogen (secondary N) is 2. The van der Waals surface area contributed by atoms with Crippen LogP contribution in [0.2, 0.25) is 0 Å². The zero-order valence-corrected chi connectivity index (χ0v) is 17.6. The zero-order chi connectivity index (χ0) is 18.3. The number of rotatable bonds is 5. The van der Waals surface area contributed by atoms with Crippen LogP contribution in [0, 0.1) is 11.8 Å². The summed E-state index contributed by atoms with van der Waals surface area (Å²) in [5.41, 5.74) is 0.396. The minimum Gasteiger partial charge on any atom is -0.543 e. The van der Waals surface area contributed by atoms with Gasteiger partial charge in [0.05, 0.1) is 35.8 Å². The van der Waals surface area contributed by atoms with Crippen LogP contribution in [-0.2, 0) is 9.59 Å². The summed E-state index contributed by atoms with van der Waals surface area (Å²) in [6.07, 6.45) is 1.24. The van der Waals surface area contributed by atoms with Gasteiger partial charge in [-0.25, -0.2) is 4.79 Å². The Morgan fingerprint density at radius 1 is 1.42 bits per heavy atom. The Bertz CT molecular complexity index is 641. The minimum atomic E-state index is -1.42. The van der Waals surface area contributed by atoms with Gasteiger partial charge in [0.25, 0.3) is 0 Å². The number of carboxylic acid groups (broad SMARTS) is 1. The summed E-state index contributed by atoms with van der Waals surface area (Å²) in [5, 5.41) is 27.0. The van der Waals surface area contributed by atoms with E-state index >= 15 is 0 Å². The first-order chi connectivity index (χ1) is 11.9. The first-order valence-electron chi connectivity index (χ1n) is 8.45. The Morgan fingerprint density at radius 3 is 2.69 bits per heavy atom. The molecule has 2 aliphatic heterocycles. The van der Waals surface area contributed by atoms with Crippen molar-refractivity contribution in [1.82, 2.24) is 15.5 Å². The van der Waals surface area contributed by atoms with Gasteiger partial charge in [0, 0.05) is 18.3 Å². The van der Waals surface area contributed by atoms with Crippen LogP contribution < -0.4 is 45.3 Å². The number of hydrogen-bond donors (Lipinski definition) is 3. The topological polar surface area (TPSA) is 122 Å². The van der Waals surface area contributed by atoms with Crippen LogP contribution in [-0.4, -0.2) is 58.5 Å². The Hall–Kier alpha value is -0.800. The molecule has 138 valence electrons. The van der Waals surface area contributed by atoms with Crippen LogP contribution >= 0.6 is 11.6 Å². The summed E-state index contributed by atoms with van der Waals surface area (Å²) in [7, 11) is 0. The summed E-state index contributed by atoms with van der Waals surface area (Å²) < 4.78 is 0. The number of aliphatic hydroxyl groups excluding tert-OH is 1. The molecule has 3 amide bonds. The largest absolute Gasteiger partial charge is 1.00 e. The van der Waals surface area contributed by atoms with E-state index in [0.717, 1.165) is 6.42 Å². The van der Waals surface area contributed by atoms with Gasteiger partial charge >= 0.3 is 35.6 Å². The molecule has 26 heavy (non-hydrogen) atoms. The van der Waals surface area contributed by atoms with E-state index in [2.05, 4.69) is 10.6 Å². The van der Waals surface area contributed by atoms with Crippen molar-refractivity contribution in [1.29, 1.82) is 0 Å². The molecule has 0 radical (unpaired) electrons. The van der Waals surface area contributed by atoms with Crippen LogP contribution in [0.3, 0.4) is 0 Å². The van der Waals surface area contributed by atoms with Crippen LogP contribution in [0.5, 0.6) is 0 Å². The maximum absolute atomic E-state index is 12.3. The number of fused-ring (bicyclic) bond motifs is 3. The number of carbonyl (C=O) groups excluding carboxylic acids is 3. The molecule has 0 aromatic heterocycles. The Kier molecular flexibility index (Phi) is 7.01. The molecule has 3 rings (SSSR count). The number of aliphatic hydroxyl groups is 1. The number of urea groups is 1. The third-order valence-electron chi connectivity index (χ3n) is 5.30. The number of carbonyl (C=O) groups is 3. The van der Waals surface area contributed by atoms with Crippen molar-refractivity contribution in [2.45, 2.75) is 44.4 Å². The van der Waals surface area contributed by atoms with Crippen molar-refractivity contribution in [3.05, 3.63) is 11.3 Å². The number of amides is 3. The molecule has 2 fully saturated rings. The zero-order valence-electron chi connectivity index (χ0n) is 14.8. The van der Waals surface area contributed by atoms with Gasteiger partial charge in [0.2, 0.25) is 5.91 Å². The van der Waals surface area contributed by atoms with Crippen LogP contribution in [0.1, 0.15) is 26.2 Å². The Labute approximate surface area is 178 Å². The van der Waals surface area contributed by atoms with Crippen molar-refractivity contribution in [3.8, 4) is 0 Å². The predicted octanol–water partition coefficient (Wildman–Crippen LogP) is -4.08. The average molecular weight is 394 g/mol. The average Bonchev–Trinajstić information content (AvgIpc) is 2.84. The summed E-state index contributed by atoms with van der Waals surface area (Å²) in [6, 6.07) is -1.27. The van der Waals surface area contributed by atoms with Gasteiger partial charge in [0.15, 0.2) is 0 Å². The number of aliphatic carboxylic acids is 1. The molecule has 1 aliphatic carbocycles. The molecule has 2 heterocycles. The maximum Gasteiger partial charge on any atom is 1.00 e. The Balaban J connectivity index is 0.00000243. The molecule has 10 heteroatoms. The third kappa shape index (κ3) is 3.49. The number of carboxylic acids is 1. The molecule has 8 nitrogen and oxygen atoms in total. The van der Waals surface area contributed by atoms with E-state index < -0.39 is 36.0 Å². The summed E-state index contributed by atoms with van der Waals surface area (Å²) in [6.45, 7) is 1.84. The smallest absolute Gasteiger partial charge is 0.543 e. The normalized spacial score (nSPS) is 30.6. The fraction of sp³-hybridized carbons (Fsp3) is 0.688. The maximum atomic E-state index is 12.3. The second-order valence-corrected chi connectivity index (χ2v) is 7.11. The minimum absolute atomic E-state index is 0. The molecule has 0 aromatic carbocycles. The van der Waals surface area contributed by atoms with Crippen LogP contribution in [0.15, 0.2) is 11.3 Å². The van der Waals surface area contributed by atoms with Gasteiger partial charge < -0.3 is 30.5 Å². The van der Waals surface area contributed by atoms with Crippen LogP contribution in [0.25, 0.3) is 0 Å².